The van der Waals surface area contributed by atoms with Crippen LogP contribution in [0.25, 0.3) is 0 Å². The van der Waals surface area contributed by atoms with Gasteiger partial charge in [-0.05, 0) is 17.5 Å². The van der Waals surface area contributed by atoms with E-state index in [0.29, 0.717) is 13.1 Å². The van der Waals surface area contributed by atoms with Crippen molar-refractivity contribution >= 4 is 5.91 Å². The lowest BCUT2D eigenvalue weighted by Gasteiger charge is -2.25. The summed E-state index contributed by atoms with van der Waals surface area (Å²) in [5.74, 6) is -0.946. The van der Waals surface area contributed by atoms with Gasteiger partial charge in [-0.1, -0.05) is 19.9 Å². The van der Waals surface area contributed by atoms with E-state index in [-0.39, 0.29) is 18.2 Å². The van der Waals surface area contributed by atoms with Gasteiger partial charge in [0.15, 0.2) is 0 Å². The van der Waals surface area contributed by atoms with Crippen LogP contribution in [0.2, 0.25) is 0 Å². The molecule has 20 heavy (non-hydrogen) atoms. The van der Waals surface area contributed by atoms with E-state index in [9.17, 15) is 4.79 Å². The topological polar surface area (TPSA) is 80.8 Å². The molecule has 1 rings (SSSR count). The van der Waals surface area contributed by atoms with Gasteiger partial charge in [0.05, 0.1) is 18.6 Å². The summed E-state index contributed by atoms with van der Waals surface area (Å²) in [6, 6.07) is 7.76. The van der Waals surface area contributed by atoms with E-state index in [1.807, 2.05) is 26.0 Å². The lowest BCUT2D eigenvalue weighted by Crippen LogP contribution is -2.37. The molecule has 0 saturated heterocycles. The van der Waals surface area contributed by atoms with Crippen LogP contribution < -0.4 is 0 Å². The fourth-order valence-electron chi connectivity index (χ4n) is 1.85. The summed E-state index contributed by atoms with van der Waals surface area (Å²) in [4.78, 5) is 18.0. The van der Waals surface area contributed by atoms with Crippen LogP contribution in [0.15, 0.2) is 24.5 Å². The van der Waals surface area contributed by atoms with E-state index in [1.165, 1.54) is 0 Å². The Morgan fingerprint density at radius 1 is 1.45 bits per heavy atom. The van der Waals surface area contributed by atoms with Crippen molar-refractivity contribution in [2.45, 2.75) is 26.8 Å². The maximum atomic E-state index is 12.4. The predicted molar refractivity (Wildman–Crippen MR) is 73.8 cm³/mol. The minimum atomic E-state index is -0.676. The van der Waals surface area contributed by atoms with E-state index in [0.717, 1.165) is 5.56 Å². The molecule has 1 aromatic rings. The van der Waals surface area contributed by atoms with Crippen LogP contribution in [-0.2, 0) is 11.3 Å². The molecule has 0 aliphatic heterocycles. The summed E-state index contributed by atoms with van der Waals surface area (Å²) >= 11 is 0. The fourth-order valence-corrected chi connectivity index (χ4v) is 1.85. The van der Waals surface area contributed by atoms with Gasteiger partial charge in [0.2, 0.25) is 5.91 Å². The van der Waals surface area contributed by atoms with Crippen LogP contribution in [0, 0.1) is 34.5 Å². The van der Waals surface area contributed by atoms with Crippen molar-refractivity contribution in [3.63, 3.8) is 0 Å². The Morgan fingerprint density at radius 3 is 2.70 bits per heavy atom. The fraction of sp³-hybridized carbons (Fsp3) is 0.467. The first-order chi connectivity index (χ1) is 9.60. The molecule has 0 saturated carbocycles. The molecule has 0 aliphatic rings. The Hall–Kier alpha value is -2.40. The zero-order chi connectivity index (χ0) is 15.0. The highest BCUT2D eigenvalue weighted by molar-refractivity contribution is 5.81. The van der Waals surface area contributed by atoms with Crippen molar-refractivity contribution in [1.82, 2.24) is 9.88 Å². The summed E-state index contributed by atoms with van der Waals surface area (Å²) in [5.41, 5.74) is 0.888. The van der Waals surface area contributed by atoms with Gasteiger partial charge in [0.1, 0.15) is 5.92 Å². The molecule has 0 spiro atoms. The third kappa shape index (κ3) is 4.37. The van der Waals surface area contributed by atoms with Crippen molar-refractivity contribution in [2.24, 2.45) is 11.8 Å². The first-order valence-corrected chi connectivity index (χ1v) is 6.54. The maximum Gasteiger partial charge on any atom is 0.240 e. The molecule has 0 aromatic carbocycles. The highest BCUT2D eigenvalue weighted by Gasteiger charge is 2.26. The number of hydrogen-bond donors (Lipinski definition) is 0. The van der Waals surface area contributed by atoms with Crippen LogP contribution in [0.3, 0.4) is 0 Å². The average Bonchev–Trinajstić information content (AvgIpc) is 2.44. The molecule has 0 bridgehead atoms. The van der Waals surface area contributed by atoms with E-state index in [1.54, 1.807) is 23.4 Å². The zero-order valence-electron chi connectivity index (χ0n) is 11.8. The van der Waals surface area contributed by atoms with Crippen molar-refractivity contribution in [3.8, 4) is 12.1 Å². The summed E-state index contributed by atoms with van der Waals surface area (Å²) in [6.07, 6.45) is 3.60. The molecule has 1 amide bonds. The normalized spacial score (nSPS) is 11.4. The SMILES string of the molecule is CC(C)C(C#N)C(=O)N(CCC#N)Cc1cccnc1. The Balaban J connectivity index is 2.86. The van der Waals surface area contributed by atoms with E-state index in [2.05, 4.69) is 11.1 Å². The number of nitriles is 2. The van der Waals surface area contributed by atoms with Gasteiger partial charge < -0.3 is 4.90 Å². The quantitative estimate of drug-likeness (QED) is 0.793. The van der Waals surface area contributed by atoms with Crippen LogP contribution >= 0.6 is 0 Å². The molecule has 5 heteroatoms. The molecule has 0 fully saturated rings. The number of carbonyl (C=O) groups is 1. The average molecular weight is 270 g/mol. The predicted octanol–water partition coefficient (Wildman–Crippen LogP) is 2.12. The third-order valence-electron chi connectivity index (χ3n) is 2.97. The van der Waals surface area contributed by atoms with Crippen molar-refractivity contribution in [3.05, 3.63) is 30.1 Å². The van der Waals surface area contributed by atoms with Crippen molar-refractivity contribution in [1.29, 1.82) is 10.5 Å². The first-order valence-electron chi connectivity index (χ1n) is 6.54. The van der Waals surface area contributed by atoms with E-state index in [4.69, 9.17) is 10.5 Å². The van der Waals surface area contributed by atoms with E-state index < -0.39 is 5.92 Å². The monoisotopic (exact) mass is 270 g/mol. The standard InChI is InChI=1S/C15H18N4O/c1-12(2)14(9-17)15(20)19(8-4-6-16)11-13-5-3-7-18-10-13/h3,5,7,10,12,14H,4,8,11H2,1-2H3. The molecule has 104 valence electrons. The van der Waals surface area contributed by atoms with Crippen LogP contribution in [0.5, 0.6) is 0 Å². The molecular weight excluding hydrogens is 252 g/mol. The highest BCUT2D eigenvalue weighted by atomic mass is 16.2. The molecule has 0 aliphatic carbocycles. The Labute approximate surface area is 119 Å². The molecule has 1 aromatic heterocycles. The summed E-state index contributed by atoms with van der Waals surface area (Å²) in [5, 5.41) is 17.8. The van der Waals surface area contributed by atoms with Crippen LogP contribution in [0.4, 0.5) is 0 Å². The van der Waals surface area contributed by atoms with Gasteiger partial charge in [-0.2, -0.15) is 10.5 Å². The largest absolute Gasteiger partial charge is 0.336 e. The van der Waals surface area contributed by atoms with Gasteiger partial charge >= 0.3 is 0 Å². The van der Waals surface area contributed by atoms with Gasteiger partial charge in [-0.25, -0.2) is 0 Å². The van der Waals surface area contributed by atoms with Gasteiger partial charge in [-0.3, -0.25) is 9.78 Å². The second-order valence-corrected chi connectivity index (χ2v) is 4.88. The number of hydrogen-bond acceptors (Lipinski definition) is 4. The molecular formula is C15H18N4O. The maximum absolute atomic E-state index is 12.4. The second kappa shape index (κ2) is 7.91. The Kier molecular flexibility index (Phi) is 6.19. The second-order valence-electron chi connectivity index (χ2n) is 4.88. The smallest absolute Gasteiger partial charge is 0.240 e. The molecule has 1 heterocycles. The molecule has 5 nitrogen and oxygen atoms in total. The van der Waals surface area contributed by atoms with Crippen molar-refractivity contribution < 1.29 is 4.79 Å². The first kappa shape index (κ1) is 15.7. The number of carbonyl (C=O) groups excluding carboxylic acids is 1. The van der Waals surface area contributed by atoms with Crippen LogP contribution in [0.1, 0.15) is 25.8 Å². The van der Waals surface area contributed by atoms with E-state index >= 15 is 0 Å². The zero-order valence-corrected chi connectivity index (χ0v) is 11.8. The van der Waals surface area contributed by atoms with Crippen LogP contribution in [-0.4, -0.2) is 22.3 Å². The number of rotatable bonds is 6. The van der Waals surface area contributed by atoms with Crippen molar-refractivity contribution in [2.75, 3.05) is 6.54 Å². The summed E-state index contributed by atoms with van der Waals surface area (Å²) in [6.45, 7) is 4.39. The third-order valence-corrected chi connectivity index (χ3v) is 2.97. The Bertz CT molecular complexity index is 513. The molecule has 0 radical (unpaired) electrons. The van der Waals surface area contributed by atoms with Gasteiger partial charge in [0, 0.05) is 25.5 Å². The highest BCUT2D eigenvalue weighted by Crippen LogP contribution is 2.15. The minimum absolute atomic E-state index is 0.0500. The van der Waals surface area contributed by atoms with Gasteiger partial charge in [0.25, 0.3) is 0 Å². The number of nitrogens with zero attached hydrogens (tertiary/aromatic N) is 4. The molecule has 1 unspecified atom stereocenters. The van der Waals surface area contributed by atoms with Gasteiger partial charge in [-0.15, -0.1) is 0 Å². The lowest BCUT2D eigenvalue weighted by molar-refractivity contribution is -0.135. The Morgan fingerprint density at radius 2 is 2.20 bits per heavy atom. The summed E-state index contributed by atoms with van der Waals surface area (Å²) < 4.78 is 0. The molecule has 0 N–H and O–H groups in total. The number of pyridine rings is 1. The molecule has 1 atom stereocenters. The summed E-state index contributed by atoms with van der Waals surface area (Å²) in [7, 11) is 0. The lowest BCUT2D eigenvalue weighted by atomic mass is 9.95. The number of aromatic nitrogens is 1. The number of amides is 1. The minimum Gasteiger partial charge on any atom is -0.336 e.